The number of likely N-dealkylation sites (tertiary alicyclic amines) is 2. The van der Waals surface area contributed by atoms with E-state index in [0.29, 0.717) is 79.7 Å². The Morgan fingerprint density at radius 3 is 2.56 bits per heavy atom. The van der Waals surface area contributed by atoms with Crippen LogP contribution in [0.4, 0.5) is 26.0 Å². The van der Waals surface area contributed by atoms with Gasteiger partial charge in [-0.15, -0.1) is 5.10 Å². The third-order valence-corrected chi connectivity index (χ3v) is 13.6. The SMILES string of the molecule is CNc1cc(N2CCc3c(CN4CCC(N5CCC(CC#Cc6ccc7c(c6)n(C)c(=O)n7C6CCC(=O)NC6=O)CC5)C(F)(F)C4)cccc32)nn2c(C(=O)NC3CC3)cnc12. The standard InChI is InChI=1S/C46H51F2N11O4/c1-49-33-24-40(53-59-38(25-50-42(33)59)44(62)51-31-10-11-31)57-22-17-32-30(7-4-8-34(32)57)26-55-19-18-39(46(47,48)27-55)56-20-15-28(16-21-56)5-3-6-29-9-12-35-37(23-29)54(2)45(63)58(35)36-13-14-41(60)52-43(36)61/h4,7-9,12,23-25,28,31,36,39,49H,5,10-11,13-22,26-27H2,1-2H3,(H,51,62)(H,52,60,61). The molecule has 1 saturated carbocycles. The molecule has 3 saturated heterocycles. The fraction of sp³-hybridized carbons (Fsp3) is 0.478. The van der Waals surface area contributed by atoms with E-state index in [1.807, 2.05) is 47.2 Å². The van der Waals surface area contributed by atoms with Crippen molar-refractivity contribution < 1.29 is 23.2 Å². The largest absolute Gasteiger partial charge is 0.385 e. The van der Waals surface area contributed by atoms with E-state index in [1.54, 1.807) is 23.8 Å². The molecular formula is C46H51F2N11O4. The number of aryl methyl sites for hydroxylation is 1. The lowest BCUT2D eigenvalue weighted by Gasteiger charge is -2.45. The van der Waals surface area contributed by atoms with Crippen molar-refractivity contribution in [3.05, 3.63) is 81.5 Å². The van der Waals surface area contributed by atoms with E-state index < -0.39 is 23.9 Å². The molecule has 0 spiro atoms. The Bertz CT molecular complexity index is 2770. The normalized spacial score (nSPS) is 21.9. The number of amides is 3. The number of hydrogen-bond donors (Lipinski definition) is 3. The monoisotopic (exact) mass is 859 g/mol. The van der Waals surface area contributed by atoms with Crippen molar-refractivity contribution in [1.29, 1.82) is 0 Å². The number of nitrogens with one attached hydrogen (secondary N) is 3. The molecule has 2 aromatic carbocycles. The number of aromatic nitrogens is 5. The van der Waals surface area contributed by atoms with Gasteiger partial charge in [-0.1, -0.05) is 24.0 Å². The molecule has 7 heterocycles. The van der Waals surface area contributed by atoms with Crippen LogP contribution in [0.1, 0.15) is 84.6 Å². The number of imide groups is 1. The van der Waals surface area contributed by atoms with Gasteiger partial charge in [-0.3, -0.25) is 38.6 Å². The van der Waals surface area contributed by atoms with Gasteiger partial charge in [0.1, 0.15) is 6.04 Å². The number of carbonyl (C=O) groups is 3. The summed E-state index contributed by atoms with van der Waals surface area (Å²) in [5.74, 6) is 3.65. The van der Waals surface area contributed by atoms with Crippen molar-refractivity contribution >= 4 is 51.6 Å². The van der Waals surface area contributed by atoms with Crippen LogP contribution < -0.4 is 26.5 Å². The Labute approximate surface area is 362 Å². The Balaban J connectivity index is 0.752. The molecule has 4 fully saturated rings. The summed E-state index contributed by atoms with van der Waals surface area (Å²) < 4.78 is 36.7. The second kappa shape index (κ2) is 16.2. The predicted octanol–water partition coefficient (Wildman–Crippen LogP) is 4.35. The quantitative estimate of drug-likeness (QED) is 0.144. The Kier molecular flexibility index (Phi) is 10.5. The van der Waals surface area contributed by atoms with Gasteiger partial charge < -0.3 is 15.5 Å². The van der Waals surface area contributed by atoms with Crippen molar-refractivity contribution in [3.8, 4) is 11.8 Å². The summed E-state index contributed by atoms with van der Waals surface area (Å²) in [4.78, 5) is 60.9. The summed E-state index contributed by atoms with van der Waals surface area (Å²) >= 11 is 0. The maximum atomic E-state index is 16.1. The Hall–Kier alpha value is -6.12. The number of anilines is 3. The van der Waals surface area contributed by atoms with E-state index in [4.69, 9.17) is 5.10 Å². The molecule has 1 aliphatic carbocycles. The number of fused-ring (bicyclic) bond motifs is 3. The van der Waals surface area contributed by atoms with E-state index in [2.05, 4.69) is 43.7 Å². The first kappa shape index (κ1) is 40.9. The van der Waals surface area contributed by atoms with Crippen molar-refractivity contribution in [1.82, 2.24) is 44.2 Å². The van der Waals surface area contributed by atoms with Crippen LogP contribution in [0.15, 0.2) is 53.5 Å². The number of piperidine rings is 3. The smallest absolute Gasteiger partial charge is 0.329 e. The second-order valence-corrected chi connectivity index (χ2v) is 17.8. The second-order valence-electron chi connectivity index (χ2n) is 17.8. The Morgan fingerprint density at radius 2 is 1.79 bits per heavy atom. The van der Waals surface area contributed by atoms with Crippen LogP contribution in [-0.4, -0.2) is 109 Å². The number of benzene rings is 2. The fourth-order valence-corrected chi connectivity index (χ4v) is 10.1. The summed E-state index contributed by atoms with van der Waals surface area (Å²) in [6.07, 6.45) is 7.36. The van der Waals surface area contributed by atoms with Gasteiger partial charge in [0.2, 0.25) is 11.8 Å². The molecule has 3 N–H and O–H groups in total. The predicted molar refractivity (Wildman–Crippen MR) is 233 cm³/mol. The summed E-state index contributed by atoms with van der Waals surface area (Å²) in [5, 5.41) is 13.5. The molecule has 10 rings (SSSR count). The van der Waals surface area contributed by atoms with Crippen LogP contribution in [0.2, 0.25) is 0 Å². The highest BCUT2D eigenvalue weighted by atomic mass is 19.3. The van der Waals surface area contributed by atoms with Gasteiger partial charge >= 0.3 is 5.69 Å². The number of rotatable bonds is 9. The van der Waals surface area contributed by atoms with Gasteiger partial charge in [0.15, 0.2) is 17.2 Å². The highest BCUT2D eigenvalue weighted by Crippen LogP contribution is 2.39. The van der Waals surface area contributed by atoms with E-state index in [1.165, 1.54) is 9.13 Å². The molecule has 63 heavy (non-hydrogen) atoms. The molecular weight excluding hydrogens is 809 g/mol. The molecule has 3 amide bonds. The van der Waals surface area contributed by atoms with Crippen molar-refractivity contribution in [3.63, 3.8) is 0 Å². The van der Waals surface area contributed by atoms with Gasteiger partial charge in [-0.2, -0.15) is 0 Å². The van der Waals surface area contributed by atoms with Crippen LogP contribution in [0.25, 0.3) is 16.7 Å². The summed E-state index contributed by atoms with van der Waals surface area (Å²) in [6.45, 7) is 2.62. The zero-order chi connectivity index (χ0) is 43.6. The van der Waals surface area contributed by atoms with Gasteiger partial charge in [0.05, 0.1) is 35.5 Å². The highest BCUT2D eigenvalue weighted by Gasteiger charge is 2.48. The van der Waals surface area contributed by atoms with E-state index in [0.717, 1.165) is 60.2 Å². The lowest BCUT2D eigenvalue weighted by Crippen LogP contribution is -2.59. The van der Waals surface area contributed by atoms with Gasteiger partial charge in [0.25, 0.3) is 11.8 Å². The third kappa shape index (κ3) is 7.73. The van der Waals surface area contributed by atoms with Crippen molar-refractivity contribution in [2.45, 2.75) is 88.4 Å². The first-order chi connectivity index (χ1) is 30.4. The number of alkyl halides is 2. The average molecular weight is 860 g/mol. The number of imidazole rings is 2. The summed E-state index contributed by atoms with van der Waals surface area (Å²) in [5.41, 5.74) is 6.56. The zero-order valence-electron chi connectivity index (χ0n) is 35.5. The average Bonchev–Trinajstić information content (AvgIpc) is 3.70. The molecule has 328 valence electrons. The first-order valence-electron chi connectivity index (χ1n) is 22.1. The molecule has 15 nitrogen and oxygen atoms in total. The molecule has 0 radical (unpaired) electrons. The van der Waals surface area contributed by atoms with Crippen LogP contribution in [-0.2, 0) is 29.6 Å². The van der Waals surface area contributed by atoms with E-state index >= 15 is 8.78 Å². The minimum atomic E-state index is -2.86. The Morgan fingerprint density at radius 1 is 0.968 bits per heavy atom. The number of nitrogens with zero attached hydrogens (tertiary/aromatic N) is 8. The zero-order valence-corrected chi connectivity index (χ0v) is 35.5. The molecule has 0 bridgehead atoms. The van der Waals surface area contributed by atoms with Gasteiger partial charge in [-0.05, 0) is 99.3 Å². The lowest BCUT2D eigenvalue weighted by molar-refractivity contribution is -0.135. The highest BCUT2D eigenvalue weighted by molar-refractivity contribution is 6.00. The molecule has 3 aromatic heterocycles. The fourth-order valence-electron chi connectivity index (χ4n) is 10.1. The first-order valence-corrected chi connectivity index (χ1v) is 22.1. The number of halogens is 2. The minimum absolute atomic E-state index is 0.177. The summed E-state index contributed by atoms with van der Waals surface area (Å²) in [6, 6.07) is 12.2. The van der Waals surface area contributed by atoms with Crippen molar-refractivity contribution in [2.24, 2.45) is 13.0 Å². The minimum Gasteiger partial charge on any atom is -0.385 e. The maximum Gasteiger partial charge on any atom is 0.329 e. The van der Waals surface area contributed by atoms with E-state index in [-0.39, 0.29) is 42.9 Å². The van der Waals surface area contributed by atoms with Crippen LogP contribution in [0.5, 0.6) is 0 Å². The van der Waals surface area contributed by atoms with E-state index in [9.17, 15) is 19.2 Å². The van der Waals surface area contributed by atoms with Gasteiger partial charge in [0, 0.05) is 69.9 Å². The maximum absolute atomic E-state index is 16.1. The number of hydrogen-bond acceptors (Lipinski definition) is 10. The molecule has 2 unspecified atom stereocenters. The van der Waals surface area contributed by atoms with Crippen LogP contribution in [0.3, 0.4) is 0 Å². The number of carbonyl (C=O) groups excluding carboxylic acids is 3. The van der Waals surface area contributed by atoms with Gasteiger partial charge in [-0.25, -0.2) is 23.1 Å². The topological polar surface area (TPSA) is 154 Å². The third-order valence-electron chi connectivity index (χ3n) is 13.6. The molecule has 5 aliphatic rings. The molecule has 5 aromatic rings. The summed E-state index contributed by atoms with van der Waals surface area (Å²) in [7, 11) is 3.48. The molecule has 2 atom stereocenters. The lowest BCUT2D eigenvalue weighted by atomic mass is 9.90. The van der Waals surface area contributed by atoms with Crippen LogP contribution >= 0.6 is 0 Å². The molecule has 17 heteroatoms. The van der Waals surface area contributed by atoms with Crippen molar-refractivity contribution in [2.75, 3.05) is 50.0 Å². The molecule has 4 aliphatic heterocycles. The van der Waals surface area contributed by atoms with Crippen LogP contribution in [0, 0.1) is 17.8 Å².